The van der Waals surface area contributed by atoms with Gasteiger partial charge >= 0.3 is 0 Å². The fraction of sp³-hybridized carbons (Fsp3) is 0.208. The molecule has 3 aromatic rings. The van der Waals surface area contributed by atoms with Crippen LogP contribution in [0.1, 0.15) is 15.9 Å². The number of amides is 1. The lowest BCUT2D eigenvalue weighted by Crippen LogP contribution is -2.40. The highest BCUT2D eigenvalue weighted by Gasteiger charge is 2.26. The maximum atomic E-state index is 12.9. The fourth-order valence-electron chi connectivity index (χ4n) is 3.33. The lowest BCUT2D eigenvalue weighted by Gasteiger charge is -2.26. The third-order valence-electron chi connectivity index (χ3n) is 5.16. The number of rotatable bonds is 6. The van der Waals surface area contributed by atoms with Gasteiger partial charge in [-0.1, -0.05) is 29.3 Å². The maximum absolute atomic E-state index is 12.9. The fourth-order valence-corrected chi connectivity index (χ4v) is 4.91. The number of carbonyl (C=O) groups is 1. The van der Waals surface area contributed by atoms with Crippen molar-refractivity contribution in [1.29, 1.82) is 0 Å². The largest absolute Gasteiger partial charge is 0.455 e. The van der Waals surface area contributed by atoms with Crippen molar-refractivity contribution in [3.05, 3.63) is 82.9 Å². The quantitative estimate of drug-likeness (QED) is 0.545. The van der Waals surface area contributed by atoms with Crippen LogP contribution in [0.2, 0.25) is 5.02 Å². The molecule has 7 nitrogen and oxygen atoms in total. The summed E-state index contributed by atoms with van der Waals surface area (Å²) in [6, 6.07) is 18.3. The van der Waals surface area contributed by atoms with E-state index in [0.29, 0.717) is 54.1 Å². The smallest absolute Gasteiger partial charge is 0.255 e. The van der Waals surface area contributed by atoms with E-state index in [1.54, 1.807) is 18.2 Å². The third kappa shape index (κ3) is 5.54. The van der Waals surface area contributed by atoms with Crippen LogP contribution in [0.25, 0.3) is 0 Å². The second kappa shape index (κ2) is 9.93. The lowest BCUT2D eigenvalue weighted by atomic mass is 10.2. The van der Waals surface area contributed by atoms with Crippen LogP contribution in [0.5, 0.6) is 11.5 Å². The molecule has 0 unspecified atom stereocenters. The van der Waals surface area contributed by atoms with E-state index in [4.69, 9.17) is 21.1 Å². The van der Waals surface area contributed by atoms with Crippen LogP contribution in [0.15, 0.2) is 71.6 Å². The Bertz CT molecular complexity index is 1240. The molecule has 0 spiro atoms. The van der Waals surface area contributed by atoms with Crippen LogP contribution in [-0.2, 0) is 14.8 Å². The second-order valence-electron chi connectivity index (χ2n) is 7.55. The van der Waals surface area contributed by atoms with E-state index >= 15 is 0 Å². The number of nitrogens with one attached hydrogen (secondary N) is 1. The molecule has 1 saturated heterocycles. The molecule has 0 bridgehead atoms. The van der Waals surface area contributed by atoms with Crippen LogP contribution in [-0.4, -0.2) is 44.9 Å². The van der Waals surface area contributed by atoms with Gasteiger partial charge in [0.1, 0.15) is 5.75 Å². The number of aryl methyl sites for hydroxylation is 1. The molecule has 1 N–H and O–H groups in total. The van der Waals surface area contributed by atoms with Gasteiger partial charge in [0, 0.05) is 23.7 Å². The molecule has 0 aliphatic carbocycles. The van der Waals surface area contributed by atoms with Crippen LogP contribution in [0.3, 0.4) is 0 Å². The standard InChI is InChI=1S/C24H23ClN2O5S/c1-17-2-7-20(8-3-17)32-23-11-6-19(25)16-22(23)26-24(28)18-4-9-21(10-5-18)33(29,30)27-12-14-31-15-13-27/h2-11,16H,12-15H2,1H3,(H,26,28). The van der Waals surface area contributed by atoms with Crippen molar-refractivity contribution >= 4 is 33.2 Å². The number of halogens is 1. The lowest BCUT2D eigenvalue weighted by molar-refractivity contribution is 0.0730. The van der Waals surface area contributed by atoms with Crippen molar-refractivity contribution in [3.63, 3.8) is 0 Å². The molecule has 0 saturated carbocycles. The minimum absolute atomic E-state index is 0.132. The Kier molecular flexibility index (Phi) is 6.99. The van der Waals surface area contributed by atoms with Gasteiger partial charge < -0.3 is 14.8 Å². The van der Waals surface area contributed by atoms with Crippen molar-refractivity contribution in [3.8, 4) is 11.5 Å². The van der Waals surface area contributed by atoms with Gasteiger partial charge in [-0.05, 0) is 61.5 Å². The average molecular weight is 487 g/mol. The van der Waals surface area contributed by atoms with E-state index in [2.05, 4.69) is 5.32 Å². The molecular formula is C24H23ClN2O5S. The minimum atomic E-state index is -3.63. The molecule has 1 heterocycles. The van der Waals surface area contributed by atoms with Gasteiger partial charge in [-0.15, -0.1) is 0 Å². The topological polar surface area (TPSA) is 84.9 Å². The maximum Gasteiger partial charge on any atom is 0.255 e. The molecule has 4 rings (SSSR count). The predicted molar refractivity (Wildman–Crippen MR) is 127 cm³/mol. The molecule has 0 radical (unpaired) electrons. The van der Waals surface area contributed by atoms with E-state index in [1.165, 1.54) is 28.6 Å². The van der Waals surface area contributed by atoms with E-state index in [9.17, 15) is 13.2 Å². The summed E-state index contributed by atoms with van der Waals surface area (Å²) in [5.74, 6) is 0.639. The van der Waals surface area contributed by atoms with Gasteiger partial charge in [-0.3, -0.25) is 4.79 Å². The van der Waals surface area contributed by atoms with Crippen molar-refractivity contribution in [1.82, 2.24) is 4.31 Å². The normalized spacial score (nSPS) is 14.6. The van der Waals surface area contributed by atoms with Crippen LogP contribution < -0.4 is 10.1 Å². The Morgan fingerprint density at radius 3 is 2.33 bits per heavy atom. The van der Waals surface area contributed by atoms with E-state index in [-0.39, 0.29) is 4.90 Å². The number of morpholine rings is 1. The van der Waals surface area contributed by atoms with Gasteiger partial charge in [-0.25, -0.2) is 8.42 Å². The highest BCUT2D eigenvalue weighted by Crippen LogP contribution is 2.32. The molecule has 1 amide bonds. The number of benzene rings is 3. The summed E-state index contributed by atoms with van der Waals surface area (Å²) in [5, 5.41) is 3.23. The molecule has 1 aliphatic heterocycles. The molecule has 1 aliphatic rings. The zero-order valence-electron chi connectivity index (χ0n) is 18.0. The van der Waals surface area contributed by atoms with Crippen LogP contribution in [0.4, 0.5) is 5.69 Å². The first-order chi connectivity index (χ1) is 15.8. The summed E-state index contributed by atoms with van der Waals surface area (Å²) in [6.45, 7) is 3.33. The highest BCUT2D eigenvalue weighted by atomic mass is 35.5. The summed E-state index contributed by atoms with van der Waals surface area (Å²) < 4.78 is 38.1. The number of carbonyl (C=O) groups excluding carboxylic acids is 1. The SMILES string of the molecule is Cc1ccc(Oc2ccc(Cl)cc2NC(=O)c2ccc(S(=O)(=O)N3CCOCC3)cc2)cc1. The highest BCUT2D eigenvalue weighted by molar-refractivity contribution is 7.89. The monoisotopic (exact) mass is 486 g/mol. The first kappa shape index (κ1) is 23.3. The first-order valence-electron chi connectivity index (χ1n) is 10.4. The van der Waals surface area contributed by atoms with Gasteiger partial charge in [0.05, 0.1) is 23.8 Å². The van der Waals surface area contributed by atoms with Gasteiger partial charge in [0.2, 0.25) is 10.0 Å². The van der Waals surface area contributed by atoms with E-state index in [1.807, 2.05) is 31.2 Å². The number of hydrogen-bond donors (Lipinski definition) is 1. The van der Waals surface area contributed by atoms with Crippen LogP contribution >= 0.6 is 11.6 Å². The van der Waals surface area contributed by atoms with Gasteiger partial charge in [-0.2, -0.15) is 4.31 Å². The van der Waals surface area contributed by atoms with Crippen molar-refractivity contribution in [2.45, 2.75) is 11.8 Å². The summed E-state index contributed by atoms with van der Waals surface area (Å²) in [6.07, 6.45) is 0. The first-order valence-corrected chi connectivity index (χ1v) is 12.2. The Morgan fingerprint density at radius 1 is 1.00 bits per heavy atom. The predicted octanol–water partition coefficient (Wildman–Crippen LogP) is 4.71. The van der Waals surface area contributed by atoms with Crippen LogP contribution in [0, 0.1) is 6.92 Å². The van der Waals surface area contributed by atoms with Crippen molar-refractivity contribution < 1.29 is 22.7 Å². The average Bonchev–Trinajstić information content (AvgIpc) is 2.83. The Labute approximate surface area is 197 Å². The summed E-state index contributed by atoms with van der Waals surface area (Å²) >= 11 is 6.13. The molecular weight excluding hydrogens is 464 g/mol. The molecule has 0 aromatic heterocycles. The van der Waals surface area contributed by atoms with Gasteiger partial charge in [0.15, 0.2) is 5.75 Å². The summed E-state index contributed by atoms with van der Waals surface area (Å²) in [4.78, 5) is 13.0. The summed E-state index contributed by atoms with van der Waals surface area (Å²) in [5.41, 5.74) is 1.81. The third-order valence-corrected chi connectivity index (χ3v) is 7.31. The molecule has 172 valence electrons. The number of hydrogen-bond acceptors (Lipinski definition) is 5. The molecule has 1 fully saturated rings. The Balaban J connectivity index is 1.51. The van der Waals surface area contributed by atoms with E-state index in [0.717, 1.165) is 5.56 Å². The molecule has 3 aromatic carbocycles. The Hall–Kier alpha value is -2.91. The van der Waals surface area contributed by atoms with Crippen molar-refractivity contribution in [2.24, 2.45) is 0 Å². The molecule has 9 heteroatoms. The molecule has 33 heavy (non-hydrogen) atoms. The Morgan fingerprint density at radius 2 is 1.67 bits per heavy atom. The zero-order valence-corrected chi connectivity index (χ0v) is 19.5. The molecule has 0 atom stereocenters. The van der Waals surface area contributed by atoms with Gasteiger partial charge in [0.25, 0.3) is 5.91 Å². The zero-order chi connectivity index (χ0) is 23.4. The second-order valence-corrected chi connectivity index (χ2v) is 9.92. The number of sulfonamides is 1. The number of anilines is 1. The number of ether oxygens (including phenoxy) is 2. The van der Waals surface area contributed by atoms with E-state index < -0.39 is 15.9 Å². The number of nitrogens with zero attached hydrogens (tertiary/aromatic N) is 1. The minimum Gasteiger partial charge on any atom is -0.455 e. The summed E-state index contributed by atoms with van der Waals surface area (Å²) in [7, 11) is -3.63. The van der Waals surface area contributed by atoms with Crippen molar-refractivity contribution in [2.75, 3.05) is 31.6 Å².